The summed E-state index contributed by atoms with van der Waals surface area (Å²) in [6, 6.07) is 14.5. The predicted octanol–water partition coefficient (Wildman–Crippen LogP) is 4.46. The van der Waals surface area contributed by atoms with E-state index in [0.717, 1.165) is 16.5 Å². The van der Waals surface area contributed by atoms with Crippen molar-refractivity contribution in [3.05, 3.63) is 77.2 Å². The van der Waals surface area contributed by atoms with Gasteiger partial charge in [0.15, 0.2) is 11.5 Å². The van der Waals surface area contributed by atoms with Crippen LogP contribution in [0, 0.1) is 13.8 Å². The summed E-state index contributed by atoms with van der Waals surface area (Å²) in [5.74, 6) is 0.550. The minimum atomic E-state index is -0.319. The number of pyridine rings is 1. The molecule has 8 heteroatoms. The maximum absolute atomic E-state index is 12.8. The van der Waals surface area contributed by atoms with Gasteiger partial charge in [-0.1, -0.05) is 12.1 Å². The van der Waals surface area contributed by atoms with Gasteiger partial charge in [0.2, 0.25) is 0 Å². The molecule has 2 aromatic carbocycles. The lowest BCUT2D eigenvalue weighted by molar-refractivity contribution is 0.101. The molecule has 3 heterocycles. The number of rotatable bonds is 4. The number of amides is 2. The fourth-order valence-electron chi connectivity index (χ4n) is 3.67. The molecule has 0 bridgehead atoms. The van der Waals surface area contributed by atoms with E-state index in [-0.39, 0.29) is 11.8 Å². The summed E-state index contributed by atoms with van der Waals surface area (Å²) < 4.78 is 11.0. The van der Waals surface area contributed by atoms with Crippen molar-refractivity contribution in [1.82, 2.24) is 9.97 Å². The minimum absolute atomic E-state index is 0.288. The molecule has 0 saturated carbocycles. The molecule has 0 unspecified atom stereocenters. The molecule has 5 rings (SSSR count). The number of fused-ring (bicyclic) bond motifs is 2. The number of anilines is 2. The Morgan fingerprint density at radius 2 is 1.73 bits per heavy atom. The van der Waals surface area contributed by atoms with Crippen molar-refractivity contribution in [1.29, 1.82) is 0 Å². The van der Waals surface area contributed by atoms with Gasteiger partial charge in [0.05, 0.1) is 23.3 Å². The third kappa shape index (κ3) is 4.23. The molecule has 0 fully saturated rings. The van der Waals surface area contributed by atoms with Gasteiger partial charge in [-0.3, -0.25) is 14.6 Å². The van der Waals surface area contributed by atoms with E-state index in [9.17, 15) is 9.59 Å². The van der Waals surface area contributed by atoms with E-state index < -0.39 is 0 Å². The first-order valence-electron chi connectivity index (χ1n) is 10.5. The molecule has 8 nitrogen and oxygen atoms in total. The predicted molar refractivity (Wildman–Crippen MR) is 125 cm³/mol. The Kier molecular flexibility index (Phi) is 5.18. The number of hydrogen-bond donors (Lipinski definition) is 3. The third-order valence-electron chi connectivity index (χ3n) is 5.42. The van der Waals surface area contributed by atoms with Crippen molar-refractivity contribution in [2.75, 3.05) is 23.8 Å². The fraction of sp³-hybridized carbons (Fsp3) is 0.160. The minimum Gasteiger partial charge on any atom is -0.486 e. The van der Waals surface area contributed by atoms with Crippen LogP contribution in [0.15, 0.2) is 54.7 Å². The van der Waals surface area contributed by atoms with Crippen molar-refractivity contribution in [3.8, 4) is 11.5 Å². The van der Waals surface area contributed by atoms with E-state index in [2.05, 4.69) is 20.6 Å². The van der Waals surface area contributed by atoms with Gasteiger partial charge in [0.1, 0.15) is 18.9 Å². The molecule has 3 N–H and O–H groups in total. The third-order valence-corrected chi connectivity index (χ3v) is 5.42. The Morgan fingerprint density at radius 1 is 0.909 bits per heavy atom. The van der Waals surface area contributed by atoms with Crippen molar-refractivity contribution in [3.63, 3.8) is 0 Å². The molecule has 166 valence electrons. The quantitative estimate of drug-likeness (QED) is 0.433. The molecular weight excluding hydrogens is 420 g/mol. The molecule has 0 aliphatic carbocycles. The van der Waals surface area contributed by atoms with Crippen molar-refractivity contribution in [2.45, 2.75) is 13.8 Å². The van der Waals surface area contributed by atoms with Crippen LogP contribution in [0.1, 0.15) is 32.1 Å². The number of carbonyl (C=O) groups excluding carboxylic acids is 2. The van der Waals surface area contributed by atoms with Gasteiger partial charge in [0, 0.05) is 16.5 Å². The highest BCUT2D eigenvalue weighted by molar-refractivity contribution is 6.07. The number of H-pyrrole nitrogens is 1. The van der Waals surface area contributed by atoms with E-state index in [1.807, 2.05) is 25.1 Å². The summed E-state index contributed by atoms with van der Waals surface area (Å²) in [5, 5.41) is 6.65. The second-order valence-electron chi connectivity index (χ2n) is 7.90. The van der Waals surface area contributed by atoms with E-state index in [0.29, 0.717) is 53.0 Å². The van der Waals surface area contributed by atoms with E-state index in [1.54, 1.807) is 43.5 Å². The number of benzene rings is 2. The molecule has 0 saturated heterocycles. The van der Waals surface area contributed by atoms with Crippen LogP contribution in [0.3, 0.4) is 0 Å². The van der Waals surface area contributed by atoms with Crippen LogP contribution in [-0.4, -0.2) is 35.0 Å². The lowest BCUT2D eigenvalue weighted by Gasteiger charge is -2.18. The zero-order valence-corrected chi connectivity index (χ0v) is 18.2. The van der Waals surface area contributed by atoms with Crippen LogP contribution < -0.4 is 20.1 Å². The number of ether oxygens (including phenoxy) is 2. The summed E-state index contributed by atoms with van der Waals surface area (Å²) in [4.78, 5) is 33.0. The van der Waals surface area contributed by atoms with Gasteiger partial charge in [0.25, 0.3) is 11.8 Å². The van der Waals surface area contributed by atoms with E-state index in [1.165, 1.54) is 0 Å². The first kappa shape index (κ1) is 20.6. The largest absolute Gasteiger partial charge is 0.486 e. The zero-order valence-electron chi connectivity index (χ0n) is 18.2. The first-order chi connectivity index (χ1) is 16.0. The average molecular weight is 442 g/mol. The van der Waals surface area contributed by atoms with Gasteiger partial charge in [-0.25, -0.2) is 0 Å². The first-order valence-corrected chi connectivity index (χ1v) is 10.5. The topological polar surface area (TPSA) is 105 Å². The number of aromatic nitrogens is 2. The molecule has 0 spiro atoms. The van der Waals surface area contributed by atoms with E-state index in [4.69, 9.17) is 9.47 Å². The van der Waals surface area contributed by atoms with Gasteiger partial charge >= 0.3 is 0 Å². The van der Waals surface area contributed by atoms with Crippen LogP contribution in [0.25, 0.3) is 10.9 Å². The van der Waals surface area contributed by atoms with Crippen LogP contribution in [-0.2, 0) is 0 Å². The van der Waals surface area contributed by atoms with Gasteiger partial charge in [-0.2, -0.15) is 0 Å². The summed E-state index contributed by atoms with van der Waals surface area (Å²) in [6.07, 6.45) is 1.55. The molecule has 2 aromatic heterocycles. The Labute approximate surface area is 189 Å². The molecule has 0 radical (unpaired) electrons. The molecular formula is C25H22N4O4. The van der Waals surface area contributed by atoms with Gasteiger partial charge < -0.3 is 25.1 Å². The van der Waals surface area contributed by atoms with Crippen molar-refractivity contribution < 1.29 is 19.1 Å². The van der Waals surface area contributed by atoms with Crippen molar-refractivity contribution >= 4 is 34.1 Å². The summed E-state index contributed by atoms with van der Waals surface area (Å²) in [7, 11) is 0. The molecule has 33 heavy (non-hydrogen) atoms. The highest BCUT2D eigenvalue weighted by Gasteiger charge is 2.16. The van der Waals surface area contributed by atoms with Gasteiger partial charge in [-0.05, 0) is 55.8 Å². The second kappa shape index (κ2) is 8.31. The Bertz CT molecular complexity index is 1390. The number of nitrogens with one attached hydrogen (secondary N) is 3. The SMILES string of the molecule is Cc1ccc2cc(C(=O)Nc3cc(NC(=O)c4ccc5c(c4)OCCO5)cnc3C)[nH]c2c1. The number of aromatic amines is 1. The van der Waals surface area contributed by atoms with Crippen LogP contribution in [0.2, 0.25) is 0 Å². The number of hydrogen-bond acceptors (Lipinski definition) is 5. The monoisotopic (exact) mass is 442 g/mol. The maximum atomic E-state index is 12.8. The number of carbonyl (C=O) groups is 2. The fourth-order valence-corrected chi connectivity index (χ4v) is 3.67. The Morgan fingerprint density at radius 3 is 2.58 bits per heavy atom. The summed E-state index contributed by atoms with van der Waals surface area (Å²) in [6.45, 7) is 4.72. The number of nitrogens with zero attached hydrogens (tertiary/aromatic N) is 1. The molecule has 1 aliphatic rings. The van der Waals surface area contributed by atoms with Crippen LogP contribution in [0.4, 0.5) is 11.4 Å². The number of aryl methyl sites for hydroxylation is 2. The van der Waals surface area contributed by atoms with Crippen LogP contribution >= 0.6 is 0 Å². The standard InChI is InChI=1S/C25H22N4O4/c1-14-3-4-16-10-21(28-20(16)9-14)25(31)29-19-12-18(13-26-15(19)2)27-24(30)17-5-6-22-23(11-17)33-8-7-32-22/h3-6,9-13,28H,7-8H2,1-2H3,(H,27,30)(H,29,31). The van der Waals surface area contributed by atoms with Gasteiger partial charge in [-0.15, -0.1) is 0 Å². The average Bonchev–Trinajstić information content (AvgIpc) is 3.24. The van der Waals surface area contributed by atoms with E-state index >= 15 is 0 Å². The normalized spacial score (nSPS) is 12.4. The van der Waals surface area contributed by atoms with Crippen LogP contribution in [0.5, 0.6) is 11.5 Å². The van der Waals surface area contributed by atoms with Crippen molar-refractivity contribution in [2.24, 2.45) is 0 Å². The Hall–Kier alpha value is -4.33. The highest BCUT2D eigenvalue weighted by atomic mass is 16.6. The molecule has 2 amide bonds. The lowest BCUT2D eigenvalue weighted by Crippen LogP contribution is -2.17. The molecule has 0 atom stereocenters. The molecule has 1 aliphatic heterocycles. The summed E-state index contributed by atoms with van der Waals surface area (Å²) in [5.41, 5.74) is 4.48. The Balaban J connectivity index is 1.33. The lowest BCUT2D eigenvalue weighted by atomic mass is 10.1. The maximum Gasteiger partial charge on any atom is 0.272 e. The summed E-state index contributed by atoms with van der Waals surface area (Å²) >= 11 is 0. The molecule has 4 aromatic rings. The zero-order chi connectivity index (χ0) is 22.9. The second-order valence-corrected chi connectivity index (χ2v) is 7.90. The highest BCUT2D eigenvalue weighted by Crippen LogP contribution is 2.31. The smallest absolute Gasteiger partial charge is 0.272 e.